The zero-order chi connectivity index (χ0) is 10.9. The van der Waals surface area contributed by atoms with Crippen LogP contribution in [0.1, 0.15) is 29.3 Å². The minimum absolute atomic E-state index is 0.00494. The molecule has 0 aliphatic rings. The van der Waals surface area contributed by atoms with E-state index < -0.39 is 12.0 Å². The van der Waals surface area contributed by atoms with Crippen molar-refractivity contribution in [1.82, 2.24) is 0 Å². The van der Waals surface area contributed by atoms with E-state index in [1.807, 2.05) is 0 Å². The Balaban J connectivity index is 3.35. The number of anilines is 1. The molecule has 1 aromatic rings. The monoisotopic (exact) mass is 219 g/mol. The van der Waals surface area contributed by atoms with Crippen molar-refractivity contribution in [3.8, 4) is 0 Å². The molecule has 0 aliphatic heterocycles. The normalized spacial score (nSPS) is 10.6. The fourth-order valence-electron chi connectivity index (χ4n) is 1.03. The molecule has 5 heteroatoms. The number of nitrogens with two attached hydrogens (primary N) is 1. The van der Waals surface area contributed by atoms with Crippen LogP contribution in [0.15, 0.2) is 12.1 Å². The second-order valence-corrected chi connectivity index (χ2v) is 3.20. The summed E-state index contributed by atoms with van der Waals surface area (Å²) in [7, 11) is 0. The van der Waals surface area contributed by atoms with Crippen LogP contribution in [0.3, 0.4) is 0 Å². The number of hydrogen-bond donors (Lipinski definition) is 1. The summed E-state index contributed by atoms with van der Waals surface area (Å²) in [6.07, 6.45) is -2.73. The van der Waals surface area contributed by atoms with E-state index in [9.17, 15) is 13.6 Å². The number of Topliss-reactive ketones (excluding diaryl/α,β-unsaturated/α-hetero) is 1. The number of alkyl halides is 2. The molecule has 0 saturated carbocycles. The molecule has 0 amide bonds. The fraction of sp³-hybridized carbons (Fsp3) is 0.222. The van der Waals surface area contributed by atoms with Crippen molar-refractivity contribution in [3.05, 3.63) is 28.3 Å². The molecule has 0 aliphatic carbocycles. The number of carbonyl (C=O) groups is 1. The molecule has 0 unspecified atom stereocenters. The lowest BCUT2D eigenvalue weighted by Gasteiger charge is -2.07. The highest BCUT2D eigenvalue weighted by molar-refractivity contribution is 6.34. The van der Waals surface area contributed by atoms with Crippen LogP contribution in [0.4, 0.5) is 14.5 Å². The molecule has 0 heterocycles. The summed E-state index contributed by atoms with van der Waals surface area (Å²) in [5, 5.41) is -0.190. The number of benzene rings is 1. The Morgan fingerprint density at radius 3 is 2.50 bits per heavy atom. The lowest BCUT2D eigenvalue weighted by atomic mass is 10.1. The Bertz CT molecular complexity index is 379. The quantitative estimate of drug-likeness (QED) is 0.614. The zero-order valence-electron chi connectivity index (χ0n) is 7.35. The fourth-order valence-corrected chi connectivity index (χ4v) is 1.22. The van der Waals surface area contributed by atoms with Crippen molar-refractivity contribution in [2.45, 2.75) is 13.3 Å². The van der Waals surface area contributed by atoms with Crippen LogP contribution in [-0.2, 0) is 0 Å². The molecule has 0 saturated heterocycles. The van der Waals surface area contributed by atoms with Gasteiger partial charge in [0.25, 0.3) is 6.43 Å². The van der Waals surface area contributed by atoms with Gasteiger partial charge >= 0.3 is 0 Å². The molecule has 0 radical (unpaired) electrons. The van der Waals surface area contributed by atoms with Crippen molar-refractivity contribution < 1.29 is 13.6 Å². The maximum atomic E-state index is 12.4. The van der Waals surface area contributed by atoms with E-state index in [2.05, 4.69) is 0 Å². The summed E-state index contributed by atoms with van der Waals surface area (Å²) in [4.78, 5) is 10.9. The standard InChI is InChI=1S/C9H8ClF2NO/c1-4(14)5-2-6(9(11)12)8(10)7(13)3-5/h2-3,9H,13H2,1H3. The highest BCUT2D eigenvalue weighted by Crippen LogP contribution is 2.32. The van der Waals surface area contributed by atoms with Crippen molar-refractivity contribution in [2.75, 3.05) is 5.73 Å². The third kappa shape index (κ3) is 2.01. The lowest BCUT2D eigenvalue weighted by Crippen LogP contribution is -1.99. The van der Waals surface area contributed by atoms with Crippen LogP contribution in [0.2, 0.25) is 5.02 Å². The van der Waals surface area contributed by atoms with Crippen molar-refractivity contribution in [2.24, 2.45) is 0 Å². The topological polar surface area (TPSA) is 43.1 Å². The Morgan fingerprint density at radius 2 is 2.07 bits per heavy atom. The number of ketones is 1. The van der Waals surface area contributed by atoms with Gasteiger partial charge < -0.3 is 5.73 Å². The van der Waals surface area contributed by atoms with Gasteiger partial charge in [0.05, 0.1) is 10.7 Å². The first-order valence-electron chi connectivity index (χ1n) is 3.81. The summed E-state index contributed by atoms with van der Waals surface area (Å²) in [5.74, 6) is -0.324. The Kier molecular flexibility index (Phi) is 3.06. The van der Waals surface area contributed by atoms with Gasteiger partial charge in [0.15, 0.2) is 5.78 Å². The molecule has 76 valence electrons. The molecule has 2 N–H and O–H groups in total. The largest absolute Gasteiger partial charge is 0.397 e. The number of halogens is 3. The first-order chi connectivity index (χ1) is 6.43. The molecule has 0 aromatic heterocycles. The molecule has 0 spiro atoms. The Hall–Kier alpha value is -1.16. The maximum Gasteiger partial charge on any atom is 0.265 e. The predicted octanol–water partition coefficient (Wildman–Crippen LogP) is 3.06. The molecule has 0 bridgehead atoms. The minimum Gasteiger partial charge on any atom is -0.397 e. The summed E-state index contributed by atoms with van der Waals surface area (Å²) in [5.41, 5.74) is 5.11. The van der Waals surface area contributed by atoms with Gasteiger partial charge in [0, 0.05) is 11.1 Å². The highest BCUT2D eigenvalue weighted by atomic mass is 35.5. The van der Waals surface area contributed by atoms with Crippen LogP contribution in [0.25, 0.3) is 0 Å². The van der Waals surface area contributed by atoms with Gasteiger partial charge in [-0.1, -0.05) is 11.6 Å². The molecular formula is C9H8ClF2NO. The maximum absolute atomic E-state index is 12.4. The summed E-state index contributed by atoms with van der Waals surface area (Å²) in [6.45, 7) is 1.28. The first-order valence-corrected chi connectivity index (χ1v) is 4.19. The van der Waals surface area contributed by atoms with E-state index in [4.69, 9.17) is 17.3 Å². The third-order valence-electron chi connectivity index (χ3n) is 1.77. The van der Waals surface area contributed by atoms with Gasteiger partial charge in [0.1, 0.15) is 0 Å². The van der Waals surface area contributed by atoms with Gasteiger partial charge in [0.2, 0.25) is 0 Å². The third-order valence-corrected chi connectivity index (χ3v) is 2.21. The number of hydrogen-bond acceptors (Lipinski definition) is 2. The minimum atomic E-state index is -2.73. The van der Waals surface area contributed by atoms with Crippen LogP contribution in [0, 0.1) is 0 Å². The van der Waals surface area contributed by atoms with E-state index in [0.29, 0.717) is 0 Å². The zero-order valence-corrected chi connectivity index (χ0v) is 8.11. The number of rotatable bonds is 2. The molecule has 14 heavy (non-hydrogen) atoms. The SMILES string of the molecule is CC(=O)c1cc(N)c(Cl)c(C(F)F)c1. The van der Waals surface area contributed by atoms with Gasteiger partial charge in [-0.3, -0.25) is 4.79 Å². The summed E-state index contributed by atoms with van der Waals surface area (Å²) in [6, 6.07) is 2.35. The van der Waals surface area contributed by atoms with E-state index >= 15 is 0 Å². The lowest BCUT2D eigenvalue weighted by molar-refractivity contribution is 0.101. The Labute approximate surface area is 84.7 Å². The van der Waals surface area contributed by atoms with E-state index in [1.165, 1.54) is 13.0 Å². The highest BCUT2D eigenvalue weighted by Gasteiger charge is 2.16. The molecule has 0 atom stereocenters. The molecule has 0 fully saturated rings. The Morgan fingerprint density at radius 1 is 1.50 bits per heavy atom. The molecule has 1 rings (SSSR count). The van der Waals surface area contributed by atoms with Crippen molar-refractivity contribution >= 4 is 23.1 Å². The second kappa shape index (κ2) is 3.92. The number of carbonyl (C=O) groups excluding carboxylic acids is 1. The van der Waals surface area contributed by atoms with Crippen molar-refractivity contribution in [3.63, 3.8) is 0 Å². The van der Waals surface area contributed by atoms with Crippen LogP contribution >= 0.6 is 11.6 Å². The summed E-state index contributed by atoms with van der Waals surface area (Å²) >= 11 is 5.55. The number of nitrogen functional groups attached to an aromatic ring is 1. The predicted molar refractivity (Wildman–Crippen MR) is 50.8 cm³/mol. The van der Waals surface area contributed by atoms with Crippen molar-refractivity contribution in [1.29, 1.82) is 0 Å². The average Bonchev–Trinajstić information content (AvgIpc) is 2.08. The van der Waals surface area contributed by atoms with Crippen LogP contribution in [0.5, 0.6) is 0 Å². The summed E-state index contributed by atoms with van der Waals surface area (Å²) < 4.78 is 24.8. The van der Waals surface area contributed by atoms with E-state index in [1.54, 1.807) is 0 Å². The first kappa shape index (κ1) is 10.9. The second-order valence-electron chi connectivity index (χ2n) is 2.83. The van der Waals surface area contributed by atoms with Crippen LogP contribution in [-0.4, -0.2) is 5.78 Å². The van der Waals surface area contributed by atoms with Gasteiger partial charge in [-0.05, 0) is 19.1 Å². The van der Waals surface area contributed by atoms with Gasteiger partial charge in [-0.25, -0.2) is 8.78 Å². The van der Waals surface area contributed by atoms with Crippen LogP contribution < -0.4 is 5.73 Å². The van der Waals surface area contributed by atoms with E-state index in [-0.39, 0.29) is 22.1 Å². The van der Waals surface area contributed by atoms with Gasteiger partial charge in [-0.2, -0.15) is 0 Å². The molecular weight excluding hydrogens is 212 g/mol. The average molecular weight is 220 g/mol. The smallest absolute Gasteiger partial charge is 0.265 e. The van der Waals surface area contributed by atoms with Gasteiger partial charge in [-0.15, -0.1) is 0 Å². The molecule has 1 aromatic carbocycles. The molecule has 2 nitrogen and oxygen atoms in total. The van der Waals surface area contributed by atoms with E-state index in [0.717, 1.165) is 6.07 Å².